The van der Waals surface area contributed by atoms with Gasteiger partial charge in [-0.25, -0.2) is 5.90 Å². The Morgan fingerprint density at radius 3 is 2.00 bits per heavy atom. The Bertz CT molecular complexity index is 605. The van der Waals surface area contributed by atoms with Crippen LogP contribution < -0.4 is 11.6 Å². The first-order valence-electron chi connectivity index (χ1n) is 7.13. The van der Waals surface area contributed by atoms with Crippen LogP contribution in [0.3, 0.4) is 0 Å². The number of nitrogens with zero attached hydrogens (tertiary/aromatic N) is 4. The van der Waals surface area contributed by atoms with E-state index >= 15 is 0 Å². The van der Waals surface area contributed by atoms with Gasteiger partial charge in [0.1, 0.15) is 5.84 Å². The molecule has 0 saturated carbocycles. The normalized spacial score (nSPS) is 9.24. The summed E-state index contributed by atoms with van der Waals surface area (Å²) in [5.74, 6) is 3.75. The van der Waals surface area contributed by atoms with Crippen molar-refractivity contribution in [3.63, 3.8) is 0 Å². The van der Waals surface area contributed by atoms with Crippen LogP contribution in [0.15, 0.2) is 54.2 Å². The molecule has 6 N–H and O–H groups in total. The predicted molar refractivity (Wildman–Crippen MR) is 97.4 cm³/mol. The Morgan fingerprint density at radius 2 is 1.60 bits per heavy atom. The molecular weight excluding hydrogens is 344 g/mol. The van der Waals surface area contributed by atoms with Crippen molar-refractivity contribution < 1.29 is 10.4 Å². The molecule has 0 aromatic carbocycles. The summed E-state index contributed by atoms with van der Waals surface area (Å²) in [6.07, 6.45) is 9.70. The lowest BCUT2D eigenvalue weighted by Crippen LogP contribution is -2.12. The number of oxime groups is 1. The van der Waals surface area contributed by atoms with Gasteiger partial charge in [-0.05, 0) is 36.1 Å². The van der Waals surface area contributed by atoms with Crippen LogP contribution in [0.2, 0.25) is 0 Å². The zero-order valence-corrected chi connectivity index (χ0v) is 14.5. The first-order valence-corrected chi connectivity index (χ1v) is 7.13. The van der Waals surface area contributed by atoms with Gasteiger partial charge in [-0.3, -0.25) is 9.97 Å². The van der Waals surface area contributed by atoms with Crippen LogP contribution >= 0.6 is 12.4 Å². The number of nitriles is 1. The van der Waals surface area contributed by atoms with E-state index in [4.69, 9.17) is 21.4 Å². The fourth-order valence-corrected chi connectivity index (χ4v) is 1.61. The fraction of sp³-hybridized carbons (Fsp3) is 0.250. The first kappa shape index (κ1) is 24.5. The number of hydrogen-bond donors (Lipinski definition) is 4. The molecule has 8 nitrogen and oxygen atoms in total. The lowest BCUT2D eigenvalue weighted by Gasteiger charge is -1.97. The van der Waals surface area contributed by atoms with E-state index in [2.05, 4.69) is 27.1 Å². The minimum Gasteiger partial charge on any atom is -0.409 e. The maximum Gasteiger partial charge on any atom is 0.139 e. The molecule has 0 unspecified atom stereocenters. The van der Waals surface area contributed by atoms with Crippen LogP contribution in [-0.2, 0) is 12.8 Å². The molecule has 0 aliphatic rings. The number of halogens is 1. The summed E-state index contributed by atoms with van der Waals surface area (Å²) >= 11 is 0. The maximum atomic E-state index is 8.26. The summed E-state index contributed by atoms with van der Waals surface area (Å²) in [7, 11) is 0. The van der Waals surface area contributed by atoms with Crippen molar-refractivity contribution >= 4 is 18.2 Å². The van der Waals surface area contributed by atoms with E-state index in [1.807, 2.05) is 24.3 Å². The molecular formula is C16H23ClN6O2. The lowest BCUT2D eigenvalue weighted by atomic mass is 10.1. The standard InChI is InChI=1S/C8H11N3O.C8H8N2.ClH.H3NO/c9-8(11-12)4-3-7-2-1-5-10-6-7;9-5-1-3-8-4-2-6-10-7-8;;1-2/h1-2,5-6,12H,3-4H2,(H2,9,11);2,4,6-7H,1,3H2;1H;2H,1H2. The molecule has 25 heavy (non-hydrogen) atoms. The van der Waals surface area contributed by atoms with E-state index in [-0.39, 0.29) is 18.2 Å². The molecule has 2 aromatic heterocycles. The van der Waals surface area contributed by atoms with Gasteiger partial charge in [0.05, 0.1) is 6.07 Å². The molecule has 0 atom stereocenters. The minimum atomic E-state index is 0. The molecule has 0 fully saturated rings. The van der Waals surface area contributed by atoms with Gasteiger partial charge in [0.2, 0.25) is 0 Å². The molecule has 0 aliphatic heterocycles. The third-order valence-corrected chi connectivity index (χ3v) is 2.77. The van der Waals surface area contributed by atoms with Gasteiger partial charge in [-0.1, -0.05) is 17.3 Å². The second-order valence-corrected chi connectivity index (χ2v) is 4.47. The summed E-state index contributed by atoms with van der Waals surface area (Å²) in [5, 5.41) is 25.9. The first-order chi connectivity index (χ1) is 11.8. The van der Waals surface area contributed by atoms with Crippen molar-refractivity contribution in [1.29, 1.82) is 5.26 Å². The van der Waals surface area contributed by atoms with Crippen molar-refractivity contribution in [2.45, 2.75) is 25.7 Å². The van der Waals surface area contributed by atoms with Gasteiger partial charge in [-0.15, -0.1) is 12.4 Å². The molecule has 0 spiro atoms. The van der Waals surface area contributed by atoms with Crippen molar-refractivity contribution in [2.24, 2.45) is 16.8 Å². The van der Waals surface area contributed by atoms with Crippen LogP contribution in [0.4, 0.5) is 0 Å². The van der Waals surface area contributed by atoms with Crippen LogP contribution in [-0.4, -0.2) is 26.2 Å². The van der Waals surface area contributed by atoms with Gasteiger partial charge in [-0.2, -0.15) is 5.26 Å². The van der Waals surface area contributed by atoms with E-state index in [9.17, 15) is 0 Å². The topological polar surface area (TPSA) is 154 Å². The number of hydrogen-bond acceptors (Lipinski definition) is 7. The number of aromatic nitrogens is 2. The number of rotatable bonds is 5. The third kappa shape index (κ3) is 13.4. The molecule has 0 bridgehead atoms. The Labute approximate surface area is 153 Å². The van der Waals surface area contributed by atoms with Crippen molar-refractivity contribution in [1.82, 2.24) is 9.97 Å². The highest BCUT2D eigenvalue weighted by atomic mass is 35.5. The summed E-state index contributed by atoms with van der Waals surface area (Å²) in [6.45, 7) is 0. The SMILES string of the molecule is Cl.N#CCCc1cccnc1.N/C(CCc1cccnc1)=N\O.NO. The summed E-state index contributed by atoms with van der Waals surface area (Å²) in [4.78, 5) is 7.87. The molecule has 2 rings (SSSR count). The molecule has 0 amide bonds. The largest absolute Gasteiger partial charge is 0.409 e. The number of pyridine rings is 2. The highest BCUT2D eigenvalue weighted by molar-refractivity contribution is 5.85. The Morgan fingerprint density at radius 1 is 1.08 bits per heavy atom. The summed E-state index contributed by atoms with van der Waals surface area (Å²) in [5.41, 5.74) is 7.52. The van der Waals surface area contributed by atoms with E-state index in [0.717, 1.165) is 24.0 Å². The van der Waals surface area contributed by atoms with Crippen LogP contribution in [0.1, 0.15) is 24.0 Å². The maximum absolute atomic E-state index is 8.26. The molecule has 2 heterocycles. The van der Waals surface area contributed by atoms with Gasteiger partial charge >= 0.3 is 0 Å². The third-order valence-electron chi connectivity index (χ3n) is 2.77. The highest BCUT2D eigenvalue weighted by Gasteiger charge is 1.95. The van der Waals surface area contributed by atoms with Gasteiger partial charge in [0, 0.05) is 37.6 Å². The van der Waals surface area contributed by atoms with Crippen LogP contribution in [0.25, 0.3) is 0 Å². The monoisotopic (exact) mass is 366 g/mol. The van der Waals surface area contributed by atoms with Gasteiger partial charge < -0.3 is 16.1 Å². The molecule has 2 aromatic rings. The van der Waals surface area contributed by atoms with Gasteiger partial charge in [0.25, 0.3) is 0 Å². The average molecular weight is 367 g/mol. The molecule has 0 saturated heterocycles. The van der Waals surface area contributed by atoms with Crippen molar-refractivity contribution in [2.75, 3.05) is 0 Å². The molecule has 0 aliphatic carbocycles. The smallest absolute Gasteiger partial charge is 0.139 e. The average Bonchev–Trinajstić information content (AvgIpc) is 2.68. The summed E-state index contributed by atoms with van der Waals surface area (Å²) in [6, 6.07) is 9.77. The second kappa shape index (κ2) is 17.6. The lowest BCUT2D eigenvalue weighted by molar-refractivity contribution is 0.311. The quantitative estimate of drug-likeness (QED) is 0.273. The fourth-order valence-electron chi connectivity index (χ4n) is 1.61. The number of nitrogens with two attached hydrogens (primary N) is 2. The van der Waals surface area contributed by atoms with E-state index in [0.29, 0.717) is 12.8 Å². The van der Waals surface area contributed by atoms with E-state index in [1.54, 1.807) is 24.8 Å². The molecule has 9 heteroatoms. The predicted octanol–water partition coefficient (Wildman–Crippen LogP) is 2.05. The zero-order chi connectivity index (χ0) is 18.0. The van der Waals surface area contributed by atoms with Crippen molar-refractivity contribution in [3.05, 3.63) is 60.2 Å². The Hall–Kier alpha value is -2.73. The number of aryl methyl sites for hydroxylation is 2. The molecule has 136 valence electrons. The van der Waals surface area contributed by atoms with Gasteiger partial charge in [0.15, 0.2) is 0 Å². The van der Waals surface area contributed by atoms with Crippen molar-refractivity contribution in [3.8, 4) is 6.07 Å². The zero-order valence-electron chi connectivity index (χ0n) is 13.7. The Balaban J connectivity index is 0. The minimum absolute atomic E-state index is 0. The number of amidine groups is 1. The van der Waals surface area contributed by atoms with Crippen LogP contribution in [0, 0.1) is 11.3 Å². The molecule has 0 radical (unpaired) electrons. The van der Waals surface area contributed by atoms with E-state index < -0.39 is 0 Å². The Kier molecular flexibility index (Phi) is 17.3. The second-order valence-electron chi connectivity index (χ2n) is 4.47. The summed E-state index contributed by atoms with van der Waals surface area (Å²) < 4.78 is 0. The highest BCUT2D eigenvalue weighted by Crippen LogP contribution is 1.99. The van der Waals surface area contributed by atoms with Crippen LogP contribution in [0.5, 0.6) is 0 Å². The van der Waals surface area contributed by atoms with E-state index in [1.165, 1.54) is 0 Å².